The Morgan fingerprint density at radius 3 is 2.27 bits per heavy atom. The van der Waals surface area contributed by atoms with Crippen LogP contribution in [0.4, 0.5) is 8.78 Å². The first-order chi connectivity index (χ1) is 10.2. The van der Waals surface area contributed by atoms with Gasteiger partial charge in [0.05, 0.1) is 14.9 Å². The number of hydrogen-bond donors (Lipinski definition) is 0. The number of benzene rings is 2. The highest BCUT2D eigenvalue weighted by atomic mass is 35.5. The zero-order valence-corrected chi connectivity index (χ0v) is 13.7. The van der Waals surface area contributed by atoms with E-state index in [2.05, 4.69) is 0 Å². The highest BCUT2D eigenvalue weighted by Crippen LogP contribution is 2.26. The van der Waals surface area contributed by atoms with Crippen molar-refractivity contribution in [2.75, 3.05) is 7.05 Å². The van der Waals surface area contributed by atoms with Gasteiger partial charge in [0.2, 0.25) is 10.0 Å². The molecule has 0 unspecified atom stereocenters. The fourth-order valence-electron chi connectivity index (χ4n) is 1.80. The Balaban J connectivity index is 2.28. The largest absolute Gasteiger partial charge is 0.243 e. The van der Waals surface area contributed by atoms with Crippen molar-refractivity contribution >= 4 is 33.2 Å². The molecule has 0 amide bonds. The molecule has 0 bridgehead atoms. The molecule has 0 atom stereocenters. The van der Waals surface area contributed by atoms with Crippen LogP contribution in [-0.2, 0) is 16.6 Å². The highest BCUT2D eigenvalue weighted by Gasteiger charge is 2.22. The van der Waals surface area contributed by atoms with Gasteiger partial charge in [-0.05, 0) is 35.9 Å². The molecule has 2 aromatic carbocycles. The predicted octanol–water partition coefficient (Wildman–Crippen LogP) is 4.09. The smallest absolute Gasteiger partial charge is 0.207 e. The van der Waals surface area contributed by atoms with Gasteiger partial charge < -0.3 is 0 Å². The number of halogens is 4. The summed E-state index contributed by atoms with van der Waals surface area (Å²) in [6.45, 7) is -0.111. The zero-order chi connectivity index (χ0) is 16.5. The van der Waals surface area contributed by atoms with Crippen LogP contribution in [-0.4, -0.2) is 19.8 Å². The molecule has 0 aliphatic heterocycles. The molecule has 8 heteroatoms. The second-order valence-corrected chi connectivity index (χ2v) is 7.44. The van der Waals surface area contributed by atoms with Crippen LogP contribution < -0.4 is 0 Å². The maximum atomic E-state index is 13.2. The third-order valence-corrected chi connectivity index (χ3v) is 5.53. The molecule has 0 aliphatic rings. The summed E-state index contributed by atoms with van der Waals surface area (Å²) < 4.78 is 51.9. The minimum absolute atomic E-state index is 0.0352. The van der Waals surface area contributed by atoms with Crippen LogP contribution in [0.1, 0.15) is 5.56 Å². The lowest BCUT2D eigenvalue weighted by molar-refractivity contribution is 0.462. The van der Waals surface area contributed by atoms with Crippen LogP contribution in [0.5, 0.6) is 0 Å². The maximum Gasteiger partial charge on any atom is 0.243 e. The summed E-state index contributed by atoms with van der Waals surface area (Å²) in [5.74, 6) is -2.02. The molecular formula is C14H11Cl2F2NO2S. The van der Waals surface area contributed by atoms with E-state index in [1.54, 1.807) is 0 Å². The average molecular weight is 366 g/mol. The highest BCUT2D eigenvalue weighted by molar-refractivity contribution is 7.89. The van der Waals surface area contributed by atoms with Crippen LogP contribution >= 0.6 is 23.2 Å². The quantitative estimate of drug-likeness (QED) is 0.817. The van der Waals surface area contributed by atoms with Crippen molar-refractivity contribution in [2.24, 2.45) is 0 Å². The summed E-state index contributed by atoms with van der Waals surface area (Å²) in [5.41, 5.74) is 0.324. The van der Waals surface area contributed by atoms with Crippen molar-refractivity contribution in [3.8, 4) is 0 Å². The first kappa shape index (κ1) is 17.1. The summed E-state index contributed by atoms with van der Waals surface area (Å²) in [6.07, 6.45) is 0. The molecule has 0 saturated carbocycles. The summed E-state index contributed by atoms with van der Waals surface area (Å²) in [5, 5.41) is 0.354. The summed E-state index contributed by atoms with van der Waals surface area (Å²) in [4.78, 5) is -0.0352. The van der Waals surface area contributed by atoms with Crippen molar-refractivity contribution in [3.63, 3.8) is 0 Å². The Hall–Kier alpha value is -1.21. The lowest BCUT2D eigenvalue weighted by Gasteiger charge is -2.17. The van der Waals surface area contributed by atoms with Gasteiger partial charge in [0, 0.05) is 13.6 Å². The van der Waals surface area contributed by atoms with Gasteiger partial charge in [0.15, 0.2) is 11.6 Å². The average Bonchev–Trinajstić information content (AvgIpc) is 2.45. The van der Waals surface area contributed by atoms with Crippen LogP contribution in [0.3, 0.4) is 0 Å². The molecule has 2 rings (SSSR count). The number of hydrogen-bond acceptors (Lipinski definition) is 2. The van der Waals surface area contributed by atoms with Gasteiger partial charge in [0.1, 0.15) is 0 Å². The predicted molar refractivity (Wildman–Crippen MR) is 81.5 cm³/mol. The molecular weight excluding hydrogens is 355 g/mol. The van der Waals surface area contributed by atoms with Gasteiger partial charge in [-0.2, -0.15) is 4.31 Å². The van der Waals surface area contributed by atoms with E-state index in [0.29, 0.717) is 5.56 Å². The second-order valence-electron chi connectivity index (χ2n) is 4.59. The van der Waals surface area contributed by atoms with E-state index < -0.39 is 21.7 Å². The Bertz CT molecular complexity index is 812. The molecule has 0 fully saturated rings. The van der Waals surface area contributed by atoms with Crippen molar-refractivity contribution in [2.45, 2.75) is 11.4 Å². The van der Waals surface area contributed by atoms with Crippen LogP contribution in [0, 0.1) is 11.6 Å². The van der Waals surface area contributed by atoms with Crippen LogP contribution in [0.2, 0.25) is 10.0 Å². The van der Waals surface area contributed by atoms with Crippen LogP contribution in [0.25, 0.3) is 0 Å². The van der Waals surface area contributed by atoms with Gasteiger partial charge in [-0.3, -0.25) is 0 Å². The topological polar surface area (TPSA) is 37.4 Å². The minimum atomic E-state index is -3.83. The molecule has 0 saturated heterocycles. The van der Waals surface area contributed by atoms with Gasteiger partial charge in [-0.15, -0.1) is 0 Å². The molecule has 0 aliphatic carbocycles. The fourth-order valence-corrected chi connectivity index (χ4v) is 3.35. The van der Waals surface area contributed by atoms with Gasteiger partial charge in [-0.25, -0.2) is 17.2 Å². The first-order valence-corrected chi connectivity index (χ1v) is 8.27. The third-order valence-electron chi connectivity index (χ3n) is 2.99. The number of nitrogens with zero attached hydrogens (tertiary/aromatic N) is 1. The number of sulfonamides is 1. The standard InChI is InChI=1S/C14H11Cl2F2NO2S/c1-19(8-9-2-5-13(17)14(18)6-9)22(20,21)10-3-4-11(15)12(16)7-10/h2-7H,8H2,1H3. The monoisotopic (exact) mass is 365 g/mol. The van der Waals surface area contributed by atoms with Crippen molar-refractivity contribution < 1.29 is 17.2 Å². The molecule has 0 aromatic heterocycles. The zero-order valence-electron chi connectivity index (χ0n) is 11.4. The molecule has 3 nitrogen and oxygen atoms in total. The lowest BCUT2D eigenvalue weighted by Crippen LogP contribution is -2.26. The van der Waals surface area contributed by atoms with E-state index in [-0.39, 0.29) is 21.5 Å². The molecule has 0 radical (unpaired) electrons. The third kappa shape index (κ3) is 3.57. The Morgan fingerprint density at radius 1 is 1.00 bits per heavy atom. The summed E-state index contributed by atoms with van der Waals surface area (Å²) >= 11 is 11.6. The lowest BCUT2D eigenvalue weighted by atomic mass is 10.2. The normalized spacial score (nSPS) is 11.9. The molecule has 0 spiro atoms. The van der Waals surface area contributed by atoms with Crippen molar-refractivity contribution in [1.82, 2.24) is 4.31 Å². The van der Waals surface area contributed by atoms with E-state index in [0.717, 1.165) is 16.4 Å². The minimum Gasteiger partial charge on any atom is -0.207 e. The van der Waals surface area contributed by atoms with Gasteiger partial charge in [0.25, 0.3) is 0 Å². The van der Waals surface area contributed by atoms with E-state index in [1.165, 1.54) is 31.3 Å². The van der Waals surface area contributed by atoms with Crippen molar-refractivity contribution in [3.05, 3.63) is 63.6 Å². The maximum absolute atomic E-state index is 13.2. The molecule has 0 heterocycles. The van der Waals surface area contributed by atoms with Crippen molar-refractivity contribution in [1.29, 1.82) is 0 Å². The Labute approximate surface area is 137 Å². The molecule has 0 N–H and O–H groups in total. The Morgan fingerprint density at radius 2 is 1.68 bits per heavy atom. The summed E-state index contributed by atoms with van der Waals surface area (Å²) in [7, 11) is -2.49. The fraction of sp³-hybridized carbons (Fsp3) is 0.143. The van der Waals surface area contributed by atoms with Gasteiger partial charge in [-0.1, -0.05) is 29.3 Å². The van der Waals surface area contributed by atoms with E-state index >= 15 is 0 Å². The van der Waals surface area contributed by atoms with Gasteiger partial charge >= 0.3 is 0 Å². The molecule has 118 valence electrons. The SMILES string of the molecule is CN(Cc1ccc(F)c(F)c1)S(=O)(=O)c1ccc(Cl)c(Cl)c1. The summed E-state index contributed by atoms with van der Waals surface area (Å²) in [6, 6.07) is 7.16. The van der Waals surface area contributed by atoms with Crippen LogP contribution in [0.15, 0.2) is 41.3 Å². The second kappa shape index (κ2) is 6.50. The number of rotatable bonds is 4. The first-order valence-electron chi connectivity index (χ1n) is 6.07. The molecule has 2 aromatic rings. The van der Waals surface area contributed by atoms with E-state index in [4.69, 9.17) is 23.2 Å². The van der Waals surface area contributed by atoms with E-state index in [1.807, 2.05) is 0 Å². The Kier molecular flexibility index (Phi) is 5.07. The molecule has 22 heavy (non-hydrogen) atoms. The van der Waals surface area contributed by atoms with E-state index in [9.17, 15) is 17.2 Å².